The molecule has 0 radical (unpaired) electrons. The third-order valence-electron chi connectivity index (χ3n) is 2.61. The molecule has 1 unspecified atom stereocenters. The summed E-state index contributed by atoms with van der Waals surface area (Å²) in [6.07, 6.45) is 2.99. The van der Waals surface area contributed by atoms with E-state index in [-0.39, 0.29) is 4.83 Å². The number of hydrogen-bond acceptors (Lipinski definition) is 4. The highest BCUT2D eigenvalue weighted by Crippen LogP contribution is 2.24. The van der Waals surface area contributed by atoms with Crippen LogP contribution >= 0.6 is 27.3 Å². The maximum atomic E-state index is 4.50. The predicted molar refractivity (Wildman–Crippen MR) is 72.7 cm³/mol. The van der Waals surface area contributed by atoms with Gasteiger partial charge in [-0.2, -0.15) is 0 Å². The van der Waals surface area contributed by atoms with Crippen molar-refractivity contribution in [2.24, 2.45) is 0 Å². The molecule has 0 aliphatic carbocycles. The minimum absolute atomic E-state index is 0.288. The molecule has 2 rings (SSSR count). The summed E-state index contributed by atoms with van der Waals surface area (Å²) in [5, 5.41) is 9.36. The normalized spacial score (nSPS) is 12.9. The fourth-order valence-corrected chi connectivity index (χ4v) is 2.62. The second-order valence-electron chi connectivity index (χ2n) is 3.97. The number of aromatic nitrogens is 4. The second-order valence-corrected chi connectivity index (χ2v) is 6.36. The van der Waals surface area contributed by atoms with Crippen molar-refractivity contribution in [1.29, 1.82) is 0 Å². The van der Waals surface area contributed by atoms with Gasteiger partial charge in [-0.3, -0.25) is 0 Å². The number of aryl methyl sites for hydroxylation is 2. The first-order valence-electron chi connectivity index (χ1n) is 5.57. The van der Waals surface area contributed by atoms with Crippen molar-refractivity contribution in [2.75, 3.05) is 0 Å². The molecule has 1 atom stereocenters. The largest absolute Gasteiger partial charge is 0.245 e. The molecular formula is C11H15BrN4S. The van der Waals surface area contributed by atoms with E-state index in [2.05, 4.69) is 45.1 Å². The zero-order valence-corrected chi connectivity index (χ0v) is 12.5. The molecule has 0 bridgehead atoms. The molecule has 0 saturated heterocycles. The standard InChI is InChI=1S/C11H15BrN4S/c1-4-9(12)10-5-16(15-14-10)6-11-13-7(2)8(3)17-11/h5,9H,4,6H2,1-3H3. The van der Waals surface area contributed by atoms with E-state index in [1.54, 1.807) is 11.3 Å². The van der Waals surface area contributed by atoms with Gasteiger partial charge in [-0.25, -0.2) is 9.67 Å². The summed E-state index contributed by atoms with van der Waals surface area (Å²) < 4.78 is 1.84. The molecule has 0 saturated carbocycles. The monoisotopic (exact) mass is 314 g/mol. The van der Waals surface area contributed by atoms with E-state index < -0.39 is 0 Å². The molecular weight excluding hydrogens is 300 g/mol. The fourth-order valence-electron chi connectivity index (χ4n) is 1.49. The van der Waals surface area contributed by atoms with Crippen LogP contribution in [0.15, 0.2) is 6.20 Å². The van der Waals surface area contributed by atoms with E-state index in [1.807, 2.05) is 17.8 Å². The van der Waals surface area contributed by atoms with Crippen LogP contribution in [0.5, 0.6) is 0 Å². The minimum Gasteiger partial charge on any atom is -0.245 e. The van der Waals surface area contributed by atoms with Crippen LogP contribution in [0, 0.1) is 13.8 Å². The van der Waals surface area contributed by atoms with E-state index in [0.29, 0.717) is 6.54 Å². The van der Waals surface area contributed by atoms with Gasteiger partial charge in [-0.05, 0) is 20.3 Å². The van der Waals surface area contributed by atoms with Gasteiger partial charge >= 0.3 is 0 Å². The number of halogens is 1. The molecule has 0 aliphatic rings. The molecule has 92 valence electrons. The lowest BCUT2D eigenvalue weighted by molar-refractivity contribution is 0.645. The lowest BCUT2D eigenvalue weighted by Gasteiger charge is -1.99. The van der Waals surface area contributed by atoms with Crippen molar-refractivity contribution in [3.05, 3.63) is 27.5 Å². The first-order chi connectivity index (χ1) is 8.10. The molecule has 0 spiro atoms. The van der Waals surface area contributed by atoms with Crippen molar-refractivity contribution in [1.82, 2.24) is 20.0 Å². The molecule has 0 N–H and O–H groups in total. The van der Waals surface area contributed by atoms with E-state index in [1.165, 1.54) is 4.88 Å². The average molecular weight is 315 g/mol. The molecule has 17 heavy (non-hydrogen) atoms. The molecule has 2 heterocycles. The van der Waals surface area contributed by atoms with Gasteiger partial charge in [-0.1, -0.05) is 28.1 Å². The molecule has 0 aromatic carbocycles. The summed E-state index contributed by atoms with van der Waals surface area (Å²) in [6, 6.07) is 0. The Hall–Kier alpha value is -0.750. The van der Waals surface area contributed by atoms with Crippen LogP contribution in [0.1, 0.15) is 39.4 Å². The SMILES string of the molecule is CCC(Br)c1cn(Cc2nc(C)c(C)s2)nn1. The Kier molecular flexibility index (Phi) is 3.93. The third kappa shape index (κ3) is 2.93. The van der Waals surface area contributed by atoms with E-state index >= 15 is 0 Å². The molecule has 4 nitrogen and oxygen atoms in total. The zero-order chi connectivity index (χ0) is 12.4. The maximum Gasteiger partial charge on any atom is 0.115 e. The smallest absolute Gasteiger partial charge is 0.115 e. The van der Waals surface area contributed by atoms with Gasteiger partial charge in [-0.15, -0.1) is 16.4 Å². The number of alkyl halides is 1. The lowest BCUT2D eigenvalue weighted by Crippen LogP contribution is -1.99. The summed E-state index contributed by atoms with van der Waals surface area (Å²) in [5.74, 6) is 0. The number of hydrogen-bond donors (Lipinski definition) is 0. The first-order valence-corrected chi connectivity index (χ1v) is 7.30. The highest BCUT2D eigenvalue weighted by molar-refractivity contribution is 9.09. The van der Waals surface area contributed by atoms with Gasteiger partial charge in [0, 0.05) is 4.88 Å². The summed E-state index contributed by atoms with van der Waals surface area (Å²) in [7, 11) is 0. The van der Waals surface area contributed by atoms with Crippen LogP contribution in [-0.2, 0) is 6.54 Å². The predicted octanol–water partition coefficient (Wildman–Crippen LogP) is 3.25. The van der Waals surface area contributed by atoms with Crippen LogP contribution in [0.3, 0.4) is 0 Å². The summed E-state index contributed by atoms with van der Waals surface area (Å²) >= 11 is 5.29. The van der Waals surface area contributed by atoms with Gasteiger partial charge in [0.05, 0.1) is 29.0 Å². The maximum absolute atomic E-state index is 4.50. The first kappa shape index (κ1) is 12.7. The Morgan fingerprint density at radius 2 is 2.24 bits per heavy atom. The average Bonchev–Trinajstić information content (AvgIpc) is 2.87. The van der Waals surface area contributed by atoms with Crippen molar-refractivity contribution in [3.63, 3.8) is 0 Å². The van der Waals surface area contributed by atoms with Gasteiger partial charge in [0.2, 0.25) is 0 Å². The van der Waals surface area contributed by atoms with Crippen molar-refractivity contribution >= 4 is 27.3 Å². The molecule has 2 aromatic heterocycles. The van der Waals surface area contributed by atoms with Gasteiger partial charge in [0.15, 0.2) is 0 Å². The highest BCUT2D eigenvalue weighted by Gasteiger charge is 2.11. The van der Waals surface area contributed by atoms with Gasteiger partial charge < -0.3 is 0 Å². The minimum atomic E-state index is 0.288. The Bertz CT molecular complexity index is 486. The van der Waals surface area contributed by atoms with Crippen molar-refractivity contribution < 1.29 is 0 Å². The highest BCUT2D eigenvalue weighted by atomic mass is 79.9. The van der Waals surface area contributed by atoms with Crippen LogP contribution in [0.25, 0.3) is 0 Å². The lowest BCUT2D eigenvalue weighted by atomic mass is 10.3. The fraction of sp³-hybridized carbons (Fsp3) is 0.545. The topological polar surface area (TPSA) is 43.6 Å². The van der Waals surface area contributed by atoms with Gasteiger partial charge in [0.25, 0.3) is 0 Å². The molecule has 0 aliphatic heterocycles. The summed E-state index contributed by atoms with van der Waals surface area (Å²) in [6.45, 7) is 6.95. The quantitative estimate of drug-likeness (QED) is 0.814. The number of rotatable bonds is 4. The summed E-state index contributed by atoms with van der Waals surface area (Å²) in [4.78, 5) is 6.06. The van der Waals surface area contributed by atoms with E-state index in [9.17, 15) is 0 Å². The van der Waals surface area contributed by atoms with E-state index in [4.69, 9.17) is 0 Å². The number of thiazole rings is 1. The van der Waals surface area contributed by atoms with Gasteiger partial charge in [0.1, 0.15) is 5.01 Å². The number of nitrogens with zero attached hydrogens (tertiary/aromatic N) is 4. The molecule has 0 amide bonds. The van der Waals surface area contributed by atoms with Crippen LogP contribution < -0.4 is 0 Å². The Morgan fingerprint density at radius 3 is 2.82 bits per heavy atom. The molecule has 6 heteroatoms. The van der Waals surface area contributed by atoms with Crippen molar-refractivity contribution in [2.45, 2.75) is 38.6 Å². The van der Waals surface area contributed by atoms with Crippen LogP contribution in [0.2, 0.25) is 0 Å². The molecule has 0 fully saturated rings. The Morgan fingerprint density at radius 1 is 1.47 bits per heavy atom. The Labute approximate surface area is 113 Å². The van der Waals surface area contributed by atoms with Crippen LogP contribution in [0.4, 0.5) is 0 Å². The Balaban J connectivity index is 2.11. The summed E-state index contributed by atoms with van der Waals surface area (Å²) in [5.41, 5.74) is 2.09. The zero-order valence-electron chi connectivity index (χ0n) is 10.1. The molecule has 2 aromatic rings. The van der Waals surface area contributed by atoms with Crippen LogP contribution in [-0.4, -0.2) is 20.0 Å². The second kappa shape index (κ2) is 5.27. The van der Waals surface area contributed by atoms with E-state index in [0.717, 1.165) is 22.8 Å². The third-order valence-corrected chi connectivity index (χ3v) is 4.78. The van der Waals surface area contributed by atoms with Crippen molar-refractivity contribution in [3.8, 4) is 0 Å².